The highest BCUT2D eigenvalue weighted by molar-refractivity contribution is 5.76. The SMILES string of the molecule is Cc1n[nH]c(C)c1CCC(=O)N1CC[C@H](O)C1. The van der Waals surface area contributed by atoms with Gasteiger partial charge in [-0.1, -0.05) is 0 Å². The molecule has 1 aliphatic rings. The van der Waals surface area contributed by atoms with Crippen LogP contribution in [-0.2, 0) is 11.2 Å². The Morgan fingerprint density at radius 1 is 1.59 bits per heavy atom. The van der Waals surface area contributed by atoms with Crippen LogP contribution in [0, 0.1) is 13.8 Å². The second-order valence-corrected chi connectivity index (χ2v) is 4.69. The molecule has 0 radical (unpaired) electrons. The monoisotopic (exact) mass is 237 g/mol. The number of amides is 1. The molecular formula is C12H19N3O2. The summed E-state index contributed by atoms with van der Waals surface area (Å²) in [5.41, 5.74) is 3.15. The third kappa shape index (κ3) is 2.66. The van der Waals surface area contributed by atoms with Gasteiger partial charge in [0.25, 0.3) is 0 Å². The first-order valence-electron chi connectivity index (χ1n) is 6.04. The van der Waals surface area contributed by atoms with Gasteiger partial charge >= 0.3 is 0 Å². The van der Waals surface area contributed by atoms with Crippen LogP contribution in [0.1, 0.15) is 29.8 Å². The highest BCUT2D eigenvalue weighted by atomic mass is 16.3. The van der Waals surface area contributed by atoms with Gasteiger partial charge in [0.1, 0.15) is 0 Å². The van der Waals surface area contributed by atoms with E-state index in [9.17, 15) is 9.90 Å². The van der Waals surface area contributed by atoms with Crippen LogP contribution >= 0.6 is 0 Å². The molecule has 0 saturated carbocycles. The standard InChI is InChI=1S/C12H19N3O2/c1-8-11(9(2)14-13-8)3-4-12(17)15-6-5-10(16)7-15/h10,16H,3-7H2,1-2H3,(H,13,14)/t10-/m0/s1. The van der Waals surface area contributed by atoms with Gasteiger partial charge in [-0.15, -0.1) is 0 Å². The van der Waals surface area contributed by atoms with Crippen molar-refractivity contribution in [2.45, 2.75) is 39.2 Å². The van der Waals surface area contributed by atoms with Gasteiger partial charge in [-0.25, -0.2) is 0 Å². The maximum atomic E-state index is 11.9. The van der Waals surface area contributed by atoms with Crippen molar-refractivity contribution in [3.8, 4) is 0 Å². The molecule has 2 N–H and O–H groups in total. The van der Waals surface area contributed by atoms with Crippen molar-refractivity contribution in [2.75, 3.05) is 13.1 Å². The summed E-state index contributed by atoms with van der Waals surface area (Å²) >= 11 is 0. The van der Waals surface area contributed by atoms with Crippen molar-refractivity contribution in [3.63, 3.8) is 0 Å². The van der Waals surface area contributed by atoms with Crippen molar-refractivity contribution < 1.29 is 9.90 Å². The van der Waals surface area contributed by atoms with Gasteiger partial charge in [0.15, 0.2) is 0 Å². The number of likely N-dealkylation sites (tertiary alicyclic amines) is 1. The van der Waals surface area contributed by atoms with Crippen LogP contribution in [0.5, 0.6) is 0 Å². The lowest BCUT2D eigenvalue weighted by molar-refractivity contribution is -0.130. The second-order valence-electron chi connectivity index (χ2n) is 4.69. The molecule has 0 aliphatic carbocycles. The van der Waals surface area contributed by atoms with Crippen LogP contribution in [-0.4, -0.2) is 45.3 Å². The summed E-state index contributed by atoms with van der Waals surface area (Å²) in [4.78, 5) is 13.6. The lowest BCUT2D eigenvalue weighted by Crippen LogP contribution is -2.29. The van der Waals surface area contributed by atoms with Gasteiger partial charge in [-0.2, -0.15) is 5.10 Å². The average molecular weight is 237 g/mol. The van der Waals surface area contributed by atoms with E-state index >= 15 is 0 Å². The number of carbonyl (C=O) groups excluding carboxylic acids is 1. The minimum Gasteiger partial charge on any atom is -0.391 e. The molecule has 5 nitrogen and oxygen atoms in total. The van der Waals surface area contributed by atoms with Gasteiger partial charge in [0.2, 0.25) is 5.91 Å². The molecule has 1 atom stereocenters. The van der Waals surface area contributed by atoms with Gasteiger partial charge in [-0.3, -0.25) is 9.89 Å². The molecule has 1 aromatic rings. The Morgan fingerprint density at radius 2 is 2.35 bits per heavy atom. The van der Waals surface area contributed by atoms with Crippen molar-refractivity contribution >= 4 is 5.91 Å². The Labute approximate surface area is 101 Å². The molecule has 94 valence electrons. The highest BCUT2D eigenvalue weighted by Crippen LogP contribution is 2.15. The Hall–Kier alpha value is -1.36. The average Bonchev–Trinajstić information content (AvgIpc) is 2.84. The smallest absolute Gasteiger partial charge is 0.222 e. The number of hydrogen-bond acceptors (Lipinski definition) is 3. The molecule has 1 fully saturated rings. The van der Waals surface area contributed by atoms with E-state index in [2.05, 4.69) is 10.2 Å². The van der Waals surface area contributed by atoms with Gasteiger partial charge in [0, 0.05) is 25.2 Å². The summed E-state index contributed by atoms with van der Waals surface area (Å²) in [6, 6.07) is 0. The number of aliphatic hydroxyl groups is 1. The molecule has 5 heteroatoms. The Morgan fingerprint density at radius 3 is 2.88 bits per heavy atom. The molecule has 2 heterocycles. The topological polar surface area (TPSA) is 69.2 Å². The fourth-order valence-electron chi connectivity index (χ4n) is 2.30. The minimum atomic E-state index is -0.337. The van der Waals surface area contributed by atoms with E-state index in [4.69, 9.17) is 0 Å². The Balaban J connectivity index is 1.88. The predicted octanol–water partition coefficient (Wildman–Crippen LogP) is 0.552. The van der Waals surface area contributed by atoms with Gasteiger partial charge in [0.05, 0.1) is 11.8 Å². The van der Waals surface area contributed by atoms with E-state index in [1.165, 1.54) is 0 Å². The summed E-state index contributed by atoms with van der Waals surface area (Å²) in [5.74, 6) is 0.126. The van der Waals surface area contributed by atoms with Crippen molar-refractivity contribution in [1.29, 1.82) is 0 Å². The van der Waals surface area contributed by atoms with Crippen LogP contribution in [0.3, 0.4) is 0 Å². The zero-order chi connectivity index (χ0) is 12.4. The van der Waals surface area contributed by atoms with Crippen LogP contribution in [0.4, 0.5) is 0 Å². The quantitative estimate of drug-likeness (QED) is 0.806. The molecule has 1 saturated heterocycles. The van der Waals surface area contributed by atoms with E-state index in [0.29, 0.717) is 25.9 Å². The van der Waals surface area contributed by atoms with Crippen molar-refractivity contribution in [3.05, 3.63) is 17.0 Å². The van der Waals surface area contributed by atoms with Crippen LogP contribution in [0.2, 0.25) is 0 Å². The number of aryl methyl sites for hydroxylation is 2. The lowest BCUT2D eigenvalue weighted by Gasteiger charge is -2.15. The fourth-order valence-corrected chi connectivity index (χ4v) is 2.30. The van der Waals surface area contributed by atoms with Crippen molar-refractivity contribution in [2.24, 2.45) is 0 Å². The van der Waals surface area contributed by atoms with Gasteiger partial charge in [-0.05, 0) is 32.3 Å². The molecule has 1 amide bonds. The van der Waals surface area contributed by atoms with Gasteiger partial charge < -0.3 is 10.0 Å². The Bertz CT molecular complexity index is 394. The molecule has 2 rings (SSSR count). The Kier molecular flexibility index (Phi) is 3.47. The molecule has 1 aliphatic heterocycles. The lowest BCUT2D eigenvalue weighted by atomic mass is 10.1. The zero-order valence-electron chi connectivity index (χ0n) is 10.4. The summed E-state index contributed by atoms with van der Waals surface area (Å²) in [7, 11) is 0. The number of rotatable bonds is 3. The number of nitrogens with zero attached hydrogens (tertiary/aromatic N) is 2. The molecule has 0 unspecified atom stereocenters. The number of aromatic nitrogens is 2. The zero-order valence-corrected chi connectivity index (χ0v) is 10.4. The minimum absolute atomic E-state index is 0.126. The second kappa shape index (κ2) is 4.87. The predicted molar refractivity (Wildman–Crippen MR) is 63.6 cm³/mol. The third-order valence-electron chi connectivity index (χ3n) is 3.39. The van der Waals surface area contributed by atoms with Crippen molar-refractivity contribution in [1.82, 2.24) is 15.1 Å². The first-order valence-corrected chi connectivity index (χ1v) is 6.04. The number of aliphatic hydroxyl groups excluding tert-OH is 1. The first-order chi connectivity index (χ1) is 8.08. The van der Waals surface area contributed by atoms with E-state index < -0.39 is 0 Å². The number of nitrogens with one attached hydrogen (secondary N) is 1. The van der Waals surface area contributed by atoms with Crippen LogP contribution < -0.4 is 0 Å². The van der Waals surface area contributed by atoms with E-state index in [1.807, 2.05) is 13.8 Å². The highest BCUT2D eigenvalue weighted by Gasteiger charge is 2.24. The van der Waals surface area contributed by atoms with E-state index in [0.717, 1.165) is 23.4 Å². The maximum Gasteiger partial charge on any atom is 0.222 e. The summed E-state index contributed by atoms with van der Waals surface area (Å²) in [6.45, 7) is 5.09. The van der Waals surface area contributed by atoms with Crippen LogP contribution in [0.25, 0.3) is 0 Å². The molecule has 1 aromatic heterocycles. The number of hydrogen-bond donors (Lipinski definition) is 2. The fraction of sp³-hybridized carbons (Fsp3) is 0.667. The number of β-amino-alcohol motifs (C(OH)–C–C–N with tert-alkyl or cyclic N) is 1. The largest absolute Gasteiger partial charge is 0.391 e. The third-order valence-corrected chi connectivity index (χ3v) is 3.39. The number of aromatic amines is 1. The van der Waals surface area contributed by atoms with Crippen LogP contribution in [0.15, 0.2) is 0 Å². The van der Waals surface area contributed by atoms with E-state index in [-0.39, 0.29) is 12.0 Å². The first kappa shape index (κ1) is 12.1. The maximum absolute atomic E-state index is 11.9. The van der Waals surface area contributed by atoms with E-state index in [1.54, 1.807) is 4.90 Å². The molecular weight excluding hydrogens is 218 g/mol. The normalized spacial score (nSPS) is 19.9. The summed E-state index contributed by atoms with van der Waals surface area (Å²) < 4.78 is 0. The molecule has 0 spiro atoms. The molecule has 17 heavy (non-hydrogen) atoms. The molecule has 0 aromatic carbocycles. The summed E-state index contributed by atoms with van der Waals surface area (Å²) in [5, 5.41) is 16.4. The molecule has 0 bridgehead atoms. The number of H-pyrrole nitrogens is 1. The summed E-state index contributed by atoms with van der Waals surface area (Å²) in [6.07, 6.45) is 1.58. The number of carbonyl (C=O) groups is 1.